The van der Waals surface area contributed by atoms with Crippen LogP contribution >= 0.6 is 15.9 Å². The average Bonchev–Trinajstić information content (AvgIpc) is 3.10. The average molecular weight is 316 g/mol. The Hall–Kier alpha value is -0.450. The highest BCUT2D eigenvalue weighted by Crippen LogP contribution is 2.28. The second-order valence-electron chi connectivity index (χ2n) is 4.83. The zero-order valence-corrected chi connectivity index (χ0v) is 12.0. The van der Waals surface area contributed by atoms with Gasteiger partial charge in [0, 0.05) is 24.2 Å². The summed E-state index contributed by atoms with van der Waals surface area (Å²) in [5, 5.41) is 3.29. The van der Waals surface area contributed by atoms with Crippen LogP contribution in [0.2, 0.25) is 0 Å². The second kappa shape index (κ2) is 7.22. The Bertz CT molecular complexity index is 362. The molecule has 4 heteroatoms. The van der Waals surface area contributed by atoms with E-state index < -0.39 is 0 Å². The zero-order valence-electron chi connectivity index (χ0n) is 10.4. The molecule has 0 aromatic heterocycles. The van der Waals surface area contributed by atoms with Crippen molar-refractivity contribution in [2.24, 2.45) is 5.92 Å². The summed E-state index contributed by atoms with van der Waals surface area (Å²) < 4.78 is 19.4. The minimum Gasteiger partial charge on any atom is -0.381 e. The van der Waals surface area contributed by atoms with Crippen LogP contribution in [0.5, 0.6) is 0 Å². The molecule has 1 aliphatic carbocycles. The molecule has 0 spiro atoms. The molecular weight excluding hydrogens is 297 g/mol. The molecule has 1 fully saturated rings. The van der Waals surface area contributed by atoms with E-state index in [-0.39, 0.29) is 5.82 Å². The maximum absolute atomic E-state index is 13.1. The van der Waals surface area contributed by atoms with Gasteiger partial charge >= 0.3 is 0 Å². The first-order valence-electron chi connectivity index (χ1n) is 6.47. The highest BCUT2D eigenvalue weighted by molar-refractivity contribution is 9.10. The summed E-state index contributed by atoms with van der Waals surface area (Å²) in [6.45, 7) is 3.34. The largest absolute Gasteiger partial charge is 0.381 e. The second-order valence-corrected chi connectivity index (χ2v) is 5.74. The lowest BCUT2D eigenvalue weighted by atomic mass is 10.2. The molecule has 0 unspecified atom stereocenters. The number of benzene rings is 1. The SMILES string of the molecule is Fc1cc(Br)cc(CNCCCOCC2CC2)c1. The van der Waals surface area contributed by atoms with Crippen LogP contribution in [0.15, 0.2) is 22.7 Å². The number of nitrogens with one attached hydrogen (secondary N) is 1. The number of rotatable bonds is 8. The van der Waals surface area contributed by atoms with Crippen molar-refractivity contribution < 1.29 is 9.13 Å². The van der Waals surface area contributed by atoms with Crippen molar-refractivity contribution in [2.75, 3.05) is 19.8 Å². The van der Waals surface area contributed by atoms with Crippen molar-refractivity contribution in [3.63, 3.8) is 0 Å². The van der Waals surface area contributed by atoms with Crippen molar-refractivity contribution in [3.8, 4) is 0 Å². The summed E-state index contributed by atoms with van der Waals surface area (Å²) in [4.78, 5) is 0. The third kappa shape index (κ3) is 5.46. The molecule has 0 radical (unpaired) electrons. The molecule has 0 bridgehead atoms. The van der Waals surface area contributed by atoms with Crippen molar-refractivity contribution in [3.05, 3.63) is 34.1 Å². The number of ether oxygens (including phenoxy) is 1. The molecule has 100 valence electrons. The molecule has 0 heterocycles. The summed E-state index contributed by atoms with van der Waals surface area (Å²) in [6.07, 6.45) is 3.68. The quantitative estimate of drug-likeness (QED) is 0.741. The summed E-state index contributed by atoms with van der Waals surface area (Å²) in [5.41, 5.74) is 0.959. The first kappa shape index (κ1) is 14.0. The van der Waals surface area contributed by atoms with Crippen LogP contribution in [0.1, 0.15) is 24.8 Å². The standard InChI is InChI=1S/C14H19BrFNO/c15-13-6-12(7-14(16)8-13)9-17-4-1-5-18-10-11-2-3-11/h6-8,11,17H,1-5,9-10H2. The van der Waals surface area contributed by atoms with E-state index in [4.69, 9.17) is 4.74 Å². The van der Waals surface area contributed by atoms with Gasteiger partial charge in [0.25, 0.3) is 0 Å². The molecule has 0 saturated heterocycles. The first-order chi connectivity index (χ1) is 8.74. The monoisotopic (exact) mass is 315 g/mol. The van der Waals surface area contributed by atoms with Crippen LogP contribution < -0.4 is 5.32 Å². The van der Waals surface area contributed by atoms with Crippen molar-refractivity contribution in [1.29, 1.82) is 0 Å². The van der Waals surface area contributed by atoms with E-state index in [1.165, 1.54) is 18.9 Å². The summed E-state index contributed by atoms with van der Waals surface area (Å²) >= 11 is 3.29. The fraction of sp³-hybridized carbons (Fsp3) is 0.571. The van der Waals surface area contributed by atoms with E-state index in [9.17, 15) is 4.39 Å². The van der Waals surface area contributed by atoms with Gasteiger partial charge in [0.2, 0.25) is 0 Å². The van der Waals surface area contributed by atoms with E-state index in [0.717, 1.165) is 42.1 Å². The molecule has 1 N–H and O–H groups in total. The summed E-state index contributed by atoms with van der Waals surface area (Å²) in [5.74, 6) is 0.636. The Morgan fingerprint density at radius 2 is 2.17 bits per heavy atom. The normalized spacial score (nSPS) is 15.0. The minimum absolute atomic E-state index is 0.200. The molecule has 1 aromatic rings. The summed E-state index contributed by atoms with van der Waals surface area (Å²) in [6, 6.07) is 4.95. The molecule has 2 nitrogen and oxygen atoms in total. The van der Waals surface area contributed by atoms with E-state index in [2.05, 4.69) is 21.2 Å². The molecule has 1 saturated carbocycles. The van der Waals surface area contributed by atoms with Gasteiger partial charge in [0.15, 0.2) is 0 Å². The molecule has 18 heavy (non-hydrogen) atoms. The molecular formula is C14H19BrFNO. The van der Waals surface area contributed by atoms with Gasteiger partial charge < -0.3 is 10.1 Å². The third-order valence-corrected chi connectivity index (χ3v) is 3.40. The molecule has 2 rings (SSSR count). The van der Waals surface area contributed by atoms with Crippen molar-refractivity contribution in [1.82, 2.24) is 5.32 Å². The topological polar surface area (TPSA) is 21.3 Å². The van der Waals surface area contributed by atoms with Gasteiger partial charge in [-0.2, -0.15) is 0 Å². The van der Waals surface area contributed by atoms with E-state index in [1.807, 2.05) is 6.07 Å². The minimum atomic E-state index is -0.200. The van der Waals surface area contributed by atoms with Gasteiger partial charge in [-0.25, -0.2) is 4.39 Å². The Morgan fingerprint density at radius 1 is 1.33 bits per heavy atom. The van der Waals surface area contributed by atoms with Crippen LogP contribution in [0.25, 0.3) is 0 Å². The van der Waals surface area contributed by atoms with E-state index in [1.54, 1.807) is 6.07 Å². The lowest BCUT2D eigenvalue weighted by Gasteiger charge is -2.06. The van der Waals surface area contributed by atoms with Gasteiger partial charge in [-0.1, -0.05) is 15.9 Å². The molecule has 1 aromatic carbocycles. The summed E-state index contributed by atoms with van der Waals surface area (Å²) in [7, 11) is 0. The maximum Gasteiger partial charge on any atom is 0.124 e. The zero-order chi connectivity index (χ0) is 12.8. The predicted octanol–water partition coefficient (Wildman–Crippen LogP) is 3.49. The maximum atomic E-state index is 13.1. The van der Waals surface area contributed by atoms with Crippen LogP contribution in [0, 0.1) is 11.7 Å². The third-order valence-electron chi connectivity index (χ3n) is 2.94. The molecule has 0 amide bonds. The van der Waals surface area contributed by atoms with E-state index >= 15 is 0 Å². The Morgan fingerprint density at radius 3 is 2.89 bits per heavy atom. The lowest BCUT2D eigenvalue weighted by Crippen LogP contribution is -2.16. The van der Waals surface area contributed by atoms with Gasteiger partial charge in [-0.3, -0.25) is 0 Å². The number of hydrogen-bond donors (Lipinski definition) is 1. The fourth-order valence-electron chi connectivity index (χ4n) is 1.78. The first-order valence-corrected chi connectivity index (χ1v) is 7.27. The fourth-order valence-corrected chi connectivity index (χ4v) is 2.29. The highest BCUT2D eigenvalue weighted by Gasteiger charge is 2.20. The van der Waals surface area contributed by atoms with Gasteiger partial charge in [-0.05, 0) is 55.5 Å². The lowest BCUT2D eigenvalue weighted by molar-refractivity contribution is 0.122. The van der Waals surface area contributed by atoms with E-state index in [0.29, 0.717) is 6.54 Å². The molecule has 0 aliphatic heterocycles. The van der Waals surface area contributed by atoms with Crippen LogP contribution in [-0.4, -0.2) is 19.8 Å². The van der Waals surface area contributed by atoms with Crippen LogP contribution in [-0.2, 0) is 11.3 Å². The van der Waals surface area contributed by atoms with Gasteiger partial charge in [0.1, 0.15) is 5.82 Å². The molecule has 1 aliphatic rings. The smallest absolute Gasteiger partial charge is 0.124 e. The highest BCUT2D eigenvalue weighted by atomic mass is 79.9. The molecule has 0 atom stereocenters. The van der Waals surface area contributed by atoms with Gasteiger partial charge in [-0.15, -0.1) is 0 Å². The predicted molar refractivity (Wildman–Crippen MR) is 74.0 cm³/mol. The van der Waals surface area contributed by atoms with Crippen LogP contribution in [0.4, 0.5) is 4.39 Å². The Balaban J connectivity index is 1.53. The Labute approximate surface area is 116 Å². The van der Waals surface area contributed by atoms with Crippen LogP contribution in [0.3, 0.4) is 0 Å². The number of hydrogen-bond acceptors (Lipinski definition) is 2. The van der Waals surface area contributed by atoms with Crippen molar-refractivity contribution >= 4 is 15.9 Å². The Kier molecular flexibility index (Phi) is 5.60. The van der Waals surface area contributed by atoms with Gasteiger partial charge in [0.05, 0.1) is 0 Å². The van der Waals surface area contributed by atoms with Crippen molar-refractivity contribution in [2.45, 2.75) is 25.8 Å². The number of halogens is 2.